The van der Waals surface area contributed by atoms with Gasteiger partial charge in [0.05, 0.1) is 0 Å². The second-order valence-corrected chi connectivity index (χ2v) is 0.793. The van der Waals surface area contributed by atoms with Crippen molar-refractivity contribution in [3.63, 3.8) is 0 Å². The molecular weight excluding hydrogens is 509 g/mol. The molecule has 0 aromatic carbocycles. The summed E-state index contributed by atoms with van der Waals surface area (Å²) in [6.07, 6.45) is 0. The summed E-state index contributed by atoms with van der Waals surface area (Å²) in [5.41, 5.74) is 0. The minimum absolute atomic E-state index is 0. The van der Waals surface area contributed by atoms with Crippen molar-refractivity contribution in [2.24, 2.45) is 0.779 Å². The molecule has 0 rings (SSSR count). The van der Waals surface area contributed by atoms with E-state index in [9.17, 15) is 0 Å². The largest absolute Gasteiger partial charge is 0 e. The fraction of sp³-hybridized carbons (Fsp3) is 0. The molecule has 0 unspecified atom stereocenters. The minimum Gasteiger partial charge on any atom is 0 e. The van der Waals surface area contributed by atoms with Gasteiger partial charge in [-0.3, -0.25) is 0 Å². The average Bonchev–Trinajstić information content (AvgIpc) is 1.37. The van der Waals surface area contributed by atoms with E-state index in [0.29, 0.717) is 0 Å². The van der Waals surface area contributed by atoms with Crippen LogP contribution in [0.2, 0.25) is 0 Å². The Labute approximate surface area is 126 Å². The molecule has 0 atom stereocenters. The number of hydrogen-bond donors (Lipinski definition) is 0. The van der Waals surface area contributed by atoms with Crippen LogP contribution in [0, 0.1) is 90.1 Å². The second-order valence-electron chi connectivity index (χ2n) is 0.107. The predicted molar refractivity (Wildman–Crippen MR) is 10.6 cm³/mol. The van der Waals surface area contributed by atoms with E-state index in [1.54, 1.807) is 0 Å². The van der Waals surface area contributed by atoms with E-state index in [4.69, 9.17) is 0 Å². The quantitative estimate of drug-likeness (QED) is 0.325. The summed E-state index contributed by atoms with van der Waals surface area (Å²) >= 11 is 4.79. The first-order valence-electron chi connectivity index (χ1n) is 0.439. The molecule has 3 radical (unpaired) electrons. The Hall–Kier alpha value is 3.90. The molecule has 43 valence electrons. The van der Waals surface area contributed by atoms with E-state index in [0.717, 1.165) is 0 Å². The van der Waals surface area contributed by atoms with Gasteiger partial charge >= 0.3 is 90.9 Å². The van der Waals surface area contributed by atoms with Crippen LogP contribution in [0.4, 0.5) is 0 Å². The fourth-order valence-corrected chi connectivity index (χ4v) is 0. The van der Waals surface area contributed by atoms with Crippen LogP contribution in [0.15, 0.2) is 0.779 Å². The van der Waals surface area contributed by atoms with E-state index < -0.39 is 0 Å². The van der Waals surface area contributed by atoms with Crippen molar-refractivity contribution in [2.75, 3.05) is 0 Å². The minimum atomic E-state index is 0. The van der Waals surface area contributed by atoms with Crippen molar-refractivity contribution >= 4 is 19.8 Å². The Morgan fingerprint density at radius 2 is 1.17 bits per heavy atom. The van der Waals surface area contributed by atoms with Crippen molar-refractivity contribution in [1.29, 1.82) is 0 Å². The van der Waals surface area contributed by atoms with Crippen LogP contribution in [-0.2, 0) is 19.5 Å². The molecule has 2 nitrogen and oxygen atoms in total. The summed E-state index contributed by atoms with van der Waals surface area (Å²) < 4.78 is 6.32. The average molecular weight is 509 g/mol. The molecular formula is GaN2Yb2Zn. The summed E-state index contributed by atoms with van der Waals surface area (Å²) in [6.45, 7) is 0. The third-order valence-corrected chi connectivity index (χ3v) is 0.786. The summed E-state index contributed by atoms with van der Waals surface area (Å²) in [5, 5.41) is 0. The molecule has 0 aromatic heterocycles. The van der Waals surface area contributed by atoms with Crippen LogP contribution in [0.1, 0.15) is 0 Å². The Kier molecular flexibility index (Phi) is 43.8. The first-order chi connectivity index (χ1) is 1.91. The molecule has 0 bridgehead atoms. The van der Waals surface area contributed by atoms with Crippen molar-refractivity contribution in [3.05, 3.63) is 0 Å². The van der Waals surface area contributed by atoms with Gasteiger partial charge in [-0.05, 0) is 0 Å². The van der Waals surface area contributed by atoms with Gasteiger partial charge in [0, 0.05) is 39.3 Å². The molecule has 0 saturated carbocycles. The number of nitrogens with zero attached hydrogens (tertiary/aromatic N) is 2. The molecule has 6 heavy (non-hydrogen) atoms. The van der Waals surface area contributed by atoms with Gasteiger partial charge in [0.25, 0.3) is 0 Å². The first kappa shape index (κ1) is 16.5. The van der Waals surface area contributed by atoms with Gasteiger partial charge in [-0.2, -0.15) is 0 Å². The van der Waals surface area contributed by atoms with Crippen LogP contribution in [0.5, 0.6) is 0 Å². The molecule has 0 heterocycles. The normalized spacial score (nSPS) is 6.67. The standard InChI is InChI=1S/Ga.N2.2Yb.Zn/c;1-2;;;/q;-2;2*+1;. The first-order valence-corrected chi connectivity index (χ1v) is 1.97. The van der Waals surface area contributed by atoms with Gasteiger partial charge < -0.3 is 0 Å². The zero-order valence-electron chi connectivity index (χ0n) is 2.71. The predicted octanol–water partition coefficient (Wildman–Crippen LogP) is -0.0161. The maximum Gasteiger partial charge on any atom is 0 e. The summed E-state index contributed by atoms with van der Waals surface area (Å²) in [6, 6.07) is 0. The monoisotopic (exact) mass is 509 g/mol. The van der Waals surface area contributed by atoms with Gasteiger partial charge in [-0.25, -0.2) is 0 Å². The Morgan fingerprint density at radius 3 is 1.17 bits per heavy atom. The Balaban J connectivity index is -0.0000000450. The van der Waals surface area contributed by atoms with Gasteiger partial charge in [-0.1, -0.05) is 0 Å². The summed E-state index contributed by atoms with van der Waals surface area (Å²) in [5.74, 6) is 0. The molecule has 0 aliphatic heterocycles. The van der Waals surface area contributed by atoms with Crippen molar-refractivity contribution in [2.45, 2.75) is 0 Å². The van der Waals surface area contributed by atoms with Crippen LogP contribution in [0.25, 0.3) is 0 Å². The zero-order chi connectivity index (χ0) is 3.41. The van der Waals surface area contributed by atoms with Crippen LogP contribution in [0.3, 0.4) is 0 Å². The SMILES string of the molecule is [Ga].[Yb][N]=[N][Yb].[Zn]. The van der Waals surface area contributed by atoms with Crippen LogP contribution < -0.4 is 0 Å². The van der Waals surface area contributed by atoms with Crippen molar-refractivity contribution in [3.8, 4) is 0 Å². The maximum atomic E-state index is 3.16. The second kappa shape index (κ2) is 16.0. The van der Waals surface area contributed by atoms with Gasteiger partial charge in [-0.15, -0.1) is 0 Å². The number of rotatable bonds is 0. The van der Waals surface area contributed by atoms with E-state index in [1.165, 1.54) is 0 Å². The Morgan fingerprint density at radius 1 is 1.00 bits per heavy atom. The molecule has 0 N–H and O–H groups in total. The molecule has 0 aromatic rings. The Bertz CT molecular complexity index is 26.7. The third kappa shape index (κ3) is 15.7. The molecule has 6 heteroatoms. The molecule has 0 fully saturated rings. The maximum absolute atomic E-state index is 3.16. The molecule has 0 saturated heterocycles. The fourth-order valence-electron chi connectivity index (χ4n) is 0. The van der Waals surface area contributed by atoms with Gasteiger partial charge in [0.1, 0.15) is 0 Å². The van der Waals surface area contributed by atoms with Gasteiger partial charge in [0.15, 0.2) is 0 Å². The van der Waals surface area contributed by atoms with E-state index in [-0.39, 0.29) is 39.3 Å². The van der Waals surface area contributed by atoms with Gasteiger partial charge in [0.2, 0.25) is 0 Å². The summed E-state index contributed by atoms with van der Waals surface area (Å²) in [4.78, 5) is 0. The third-order valence-electron chi connectivity index (χ3n) is 0.0143. The molecule has 0 aliphatic rings. The number of hydrogen-bond acceptors (Lipinski definition) is 2. The van der Waals surface area contributed by atoms with Crippen molar-refractivity contribution < 1.29 is 110 Å². The van der Waals surface area contributed by atoms with E-state index >= 15 is 0 Å². The van der Waals surface area contributed by atoms with E-state index in [2.05, 4.69) is 90.9 Å². The van der Waals surface area contributed by atoms with E-state index in [1.807, 2.05) is 0 Å². The smallest absolute Gasteiger partial charge is 0 e. The zero-order valence-corrected chi connectivity index (χ0v) is 11.5. The van der Waals surface area contributed by atoms with Crippen molar-refractivity contribution in [1.82, 2.24) is 0 Å². The molecule has 0 spiro atoms. The topological polar surface area (TPSA) is 24.7 Å². The molecule has 0 amide bonds. The van der Waals surface area contributed by atoms with Crippen LogP contribution >= 0.6 is 0 Å². The van der Waals surface area contributed by atoms with Crippen LogP contribution in [-0.4, -0.2) is 19.8 Å². The summed E-state index contributed by atoms with van der Waals surface area (Å²) in [7, 11) is 0. The molecule has 0 aliphatic carbocycles.